The molecule has 3 aromatic carbocycles. The second-order valence-electron chi connectivity index (χ2n) is 12.1. The van der Waals surface area contributed by atoms with Gasteiger partial charge in [-0.05, 0) is 68.4 Å². The molecule has 4 aromatic rings. The Morgan fingerprint density at radius 3 is 2.64 bits per heavy atom. The number of terminal acetylenes is 1. The quantitative estimate of drug-likeness (QED) is 0.285. The number of anilines is 1. The topological polar surface area (TPSA) is 97.5 Å². The molecular formula is C34H31F3N6O2. The van der Waals surface area contributed by atoms with Crippen LogP contribution in [0.1, 0.15) is 37.7 Å². The Hall–Kier alpha value is -4.58. The van der Waals surface area contributed by atoms with E-state index in [1.807, 2.05) is 4.90 Å². The summed E-state index contributed by atoms with van der Waals surface area (Å²) in [7, 11) is 0. The number of aromatic hydroxyl groups is 1. The highest BCUT2D eigenvalue weighted by atomic mass is 19.1. The second-order valence-corrected chi connectivity index (χ2v) is 12.1. The van der Waals surface area contributed by atoms with Gasteiger partial charge in [0.2, 0.25) is 0 Å². The molecule has 0 radical (unpaired) electrons. The van der Waals surface area contributed by atoms with Gasteiger partial charge in [0.1, 0.15) is 35.3 Å². The zero-order valence-electron chi connectivity index (χ0n) is 24.5. The molecule has 7 rings (SSSR count). The highest BCUT2D eigenvalue weighted by molar-refractivity contribution is 6.04. The molecule has 45 heavy (non-hydrogen) atoms. The molecule has 3 fully saturated rings. The maximum absolute atomic E-state index is 16.8. The molecule has 0 unspecified atom stereocenters. The van der Waals surface area contributed by atoms with Crippen molar-refractivity contribution in [2.45, 2.75) is 43.7 Å². The monoisotopic (exact) mass is 612 g/mol. The molecule has 0 amide bonds. The summed E-state index contributed by atoms with van der Waals surface area (Å²) in [5, 5.41) is 23.6. The minimum Gasteiger partial charge on any atom is -0.508 e. The van der Waals surface area contributed by atoms with Crippen LogP contribution < -0.4 is 15.0 Å². The molecule has 3 aliphatic rings. The number of aromatic nitrogens is 2. The number of phenolic OH excluding ortho intramolecular Hbond substituents is 1. The van der Waals surface area contributed by atoms with E-state index in [2.05, 4.69) is 27.2 Å². The molecule has 0 aliphatic carbocycles. The van der Waals surface area contributed by atoms with Crippen LogP contribution in [0.5, 0.6) is 11.8 Å². The SMILES string of the molecule is C#Cc1c(F)ccc2cc(O)cc(-c3c(F)cc4c(N5CCN[C@@H](CC#N)C5)nc(OCC56CCCN5CCC6)nc4c3F)c12. The highest BCUT2D eigenvalue weighted by Crippen LogP contribution is 2.42. The first kappa shape index (κ1) is 29.1. The van der Waals surface area contributed by atoms with E-state index < -0.39 is 23.0 Å². The summed E-state index contributed by atoms with van der Waals surface area (Å²) in [6.07, 6.45) is 10.0. The standard InChI is InChI=1S/C34H31F3N6O2/c1-2-23-26(35)6-5-20-15-22(44)16-24(28(20)23)29-27(36)17-25-31(30(29)37)40-33(45-19-34-8-3-12-43(34)13-4-9-34)41-32(25)42-14-11-39-21(18-42)7-10-38/h1,5-6,15-17,21,39,44H,3-4,7-9,11-14,18-19H2/t21-/m0/s1. The molecule has 1 atom stereocenters. The predicted octanol–water partition coefficient (Wildman–Crippen LogP) is 5.25. The van der Waals surface area contributed by atoms with E-state index >= 15 is 8.78 Å². The van der Waals surface area contributed by atoms with Crippen molar-refractivity contribution in [3.63, 3.8) is 0 Å². The van der Waals surface area contributed by atoms with Crippen LogP contribution in [-0.4, -0.2) is 70.9 Å². The lowest BCUT2D eigenvalue weighted by Crippen LogP contribution is -2.51. The Morgan fingerprint density at radius 2 is 1.89 bits per heavy atom. The van der Waals surface area contributed by atoms with E-state index in [0.717, 1.165) is 50.9 Å². The molecule has 0 bridgehead atoms. The maximum Gasteiger partial charge on any atom is 0.319 e. The Morgan fingerprint density at radius 1 is 1.09 bits per heavy atom. The van der Waals surface area contributed by atoms with Crippen molar-refractivity contribution in [3.05, 3.63) is 53.3 Å². The molecule has 0 saturated carbocycles. The Kier molecular flexibility index (Phi) is 7.39. The van der Waals surface area contributed by atoms with Crippen molar-refractivity contribution < 1.29 is 23.0 Å². The number of halogens is 3. The zero-order chi connectivity index (χ0) is 31.3. The van der Waals surface area contributed by atoms with E-state index in [1.54, 1.807) is 0 Å². The molecule has 8 nitrogen and oxygen atoms in total. The number of benzene rings is 3. The van der Waals surface area contributed by atoms with Crippen molar-refractivity contribution in [3.8, 4) is 41.3 Å². The first-order chi connectivity index (χ1) is 21.8. The summed E-state index contributed by atoms with van der Waals surface area (Å²) in [4.78, 5) is 13.5. The van der Waals surface area contributed by atoms with E-state index in [9.17, 15) is 14.8 Å². The highest BCUT2D eigenvalue weighted by Gasteiger charge is 2.45. The van der Waals surface area contributed by atoms with Crippen LogP contribution >= 0.6 is 0 Å². The summed E-state index contributed by atoms with van der Waals surface area (Å²) < 4.78 is 54.0. The van der Waals surface area contributed by atoms with Crippen molar-refractivity contribution in [2.24, 2.45) is 0 Å². The average molecular weight is 613 g/mol. The molecule has 0 spiro atoms. The van der Waals surface area contributed by atoms with Gasteiger partial charge in [0.25, 0.3) is 0 Å². The number of hydrogen-bond acceptors (Lipinski definition) is 8. The summed E-state index contributed by atoms with van der Waals surface area (Å²) in [6, 6.07) is 8.22. The summed E-state index contributed by atoms with van der Waals surface area (Å²) in [6.45, 7) is 3.77. The number of nitriles is 1. The van der Waals surface area contributed by atoms with Gasteiger partial charge in [0, 0.05) is 42.0 Å². The van der Waals surface area contributed by atoms with Crippen LogP contribution in [-0.2, 0) is 0 Å². The van der Waals surface area contributed by atoms with Crippen molar-refractivity contribution in [1.82, 2.24) is 20.2 Å². The second kappa shape index (κ2) is 11.4. The smallest absolute Gasteiger partial charge is 0.319 e. The number of piperazine rings is 1. The lowest BCUT2D eigenvalue weighted by Gasteiger charge is -2.34. The molecule has 3 aliphatic heterocycles. The number of ether oxygens (including phenoxy) is 1. The van der Waals surface area contributed by atoms with Crippen molar-refractivity contribution in [1.29, 1.82) is 5.26 Å². The van der Waals surface area contributed by atoms with Crippen LogP contribution in [0, 0.1) is 41.1 Å². The third-order valence-corrected chi connectivity index (χ3v) is 9.48. The average Bonchev–Trinajstić information content (AvgIpc) is 3.61. The normalized spacial score (nSPS) is 19.5. The fourth-order valence-electron chi connectivity index (χ4n) is 7.40. The van der Waals surface area contributed by atoms with Gasteiger partial charge in [-0.25, -0.2) is 13.2 Å². The van der Waals surface area contributed by atoms with Gasteiger partial charge in [-0.15, -0.1) is 6.42 Å². The summed E-state index contributed by atoms with van der Waals surface area (Å²) in [5.41, 5.74) is -1.06. The van der Waals surface area contributed by atoms with E-state index in [-0.39, 0.29) is 57.2 Å². The van der Waals surface area contributed by atoms with Crippen LogP contribution in [0.25, 0.3) is 32.8 Å². The van der Waals surface area contributed by atoms with Gasteiger partial charge in [-0.3, -0.25) is 4.90 Å². The fourth-order valence-corrected chi connectivity index (χ4v) is 7.40. The summed E-state index contributed by atoms with van der Waals surface area (Å²) in [5.74, 6) is -0.359. The van der Waals surface area contributed by atoms with Gasteiger partial charge >= 0.3 is 6.01 Å². The van der Waals surface area contributed by atoms with Crippen molar-refractivity contribution >= 4 is 27.5 Å². The molecule has 1 aromatic heterocycles. The lowest BCUT2D eigenvalue weighted by atomic mass is 9.92. The first-order valence-electron chi connectivity index (χ1n) is 15.2. The summed E-state index contributed by atoms with van der Waals surface area (Å²) >= 11 is 0. The molecule has 11 heteroatoms. The third kappa shape index (κ3) is 4.97. The van der Waals surface area contributed by atoms with Gasteiger partial charge < -0.3 is 20.1 Å². The van der Waals surface area contributed by atoms with E-state index in [1.165, 1.54) is 18.2 Å². The van der Waals surface area contributed by atoms with Gasteiger partial charge in [-0.1, -0.05) is 12.0 Å². The number of phenols is 1. The molecule has 4 heterocycles. The van der Waals surface area contributed by atoms with E-state index in [0.29, 0.717) is 37.4 Å². The van der Waals surface area contributed by atoms with Crippen LogP contribution in [0.15, 0.2) is 30.3 Å². The molecule has 3 saturated heterocycles. The predicted molar refractivity (Wildman–Crippen MR) is 164 cm³/mol. The van der Waals surface area contributed by atoms with Crippen LogP contribution in [0.2, 0.25) is 0 Å². The van der Waals surface area contributed by atoms with Gasteiger partial charge in [0.15, 0.2) is 5.82 Å². The largest absolute Gasteiger partial charge is 0.508 e. The molecule has 2 N–H and O–H groups in total. The molecule has 230 valence electrons. The lowest BCUT2D eigenvalue weighted by molar-refractivity contribution is 0.108. The Labute approximate surface area is 258 Å². The van der Waals surface area contributed by atoms with Gasteiger partial charge in [-0.2, -0.15) is 15.2 Å². The molecular weight excluding hydrogens is 581 g/mol. The Balaban J connectivity index is 1.41. The maximum atomic E-state index is 16.8. The third-order valence-electron chi connectivity index (χ3n) is 9.48. The minimum atomic E-state index is -1.01. The van der Waals surface area contributed by atoms with Crippen LogP contribution in [0.3, 0.4) is 0 Å². The van der Waals surface area contributed by atoms with Crippen LogP contribution in [0.4, 0.5) is 19.0 Å². The van der Waals surface area contributed by atoms with Gasteiger partial charge in [0.05, 0.1) is 29.2 Å². The number of nitrogens with zero attached hydrogens (tertiary/aromatic N) is 5. The number of rotatable bonds is 6. The first-order valence-corrected chi connectivity index (χ1v) is 15.2. The minimum absolute atomic E-state index is 0.0337. The Bertz CT molecular complexity index is 1910. The number of nitrogens with one attached hydrogen (secondary N) is 1. The fraction of sp³-hybridized carbons (Fsp3) is 0.382. The van der Waals surface area contributed by atoms with E-state index in [4.69, 9.17) is 16.1 Å². The number of fused-ring (bicyclic) bond motifs is 3. The number of hydrogen-bond donors (Lipinski definition) is 2. The van der Waals surface area contributed by atoms with Crippen molar-refractivity contribution in [2.75, 3.05) is 44.2 Å². The zero-order valence-corrected chi connectivity index (χ0v) is 24.5.